The summed E-state index contributed by atoms with van der Waals surface area (Å²) in [6, 6.07) is 7.95. The fourth-order valence-corrected chi connectivity index (χ4v) is 2.73. The van der Waals surface area contributed by atoms with E-state index >= 15 is 0 Å². The molecule has 0 radical (unpaired) electrons. The van der Waals surface area contributed by atoms with Crippen molar-refractivity contribution < 1.29 is 9.26 Å². The van der Waals surface area contributed by atoms with Crippen molar-refractivity contribution in [3.05, 3.63) is 47.0 Å². The van der Waals surface area contributed by atoms with E-state index in [0.717, 1.165) is 41.1 Å². The number of benzene rings is 1. The molecule has 1 aliphatic carbocycles. The maximum absolute atomic E-state index is 6.00. The Morgan fingerprint density at radius 2 is 1.85 bits per heavy atom. The molecule has 1 aromatic carbocycles. The zero-order valence-electron chi connectivity index (χ0n) is 15.1. The van der Waals surface area contributed by atoms with Gasteiger partial charge in [-0.05, 0) is 39.2 Å². The topological polar surface area (TPSA) is 100.0 Å². The van der Waals surface area contributed by atoms with Gasteiger partial charge in [0.05, 0.1) is 0 Å². The molecule has 0 amide bonds. The van der Waals surface area contributed by atoms with E-state index in [0.29, 0.717) is 17.6 Å². The lowest BCUT2D eigenvalue weighted by molar-refractivity contribution is 0.215. The molecule has 7 heteroatoms. The second kappa shape index (κ2) is 6.40. The highest BCUT2D eigenvalue weighted by Crippen LogP contribution is 2.39. The number of anilines is 1. The Bertz CT molecular complexity index is 932. The first-order valence-electron chi connectivity index (χ1n) is 8.72. The summed E-state index contributed by atoms with van der Waals surface area (Å²) >= 11 is 0. The highest BCUT2D eigenvalue weighted by atomic mass is 16.5. The third kappa shape index (κ3) is 3.24. The molecule has 1 atom stereocenters. The molecule has 1 saturated carbocycles. The summed E-state index contributed by atoms with van der Waals surface area (Å²) in [5, 5.41) is 4.07. The van der Waals surface area contributed by atoms with Crippen molar-refractivity contribution in [1.82, 2.24) is 20.1 Å². The van der Waals surface area contributed by atoms with Gasteiger partial charge >= 0.3 is 0 Å². The highest BCUT2D eigenvalue weighted by Gasteiger charge is 2.29. The van der Waals surface area contributed by atoms with Crippen LogP contribution in [-0.2, 0) is 0 Å². The number of hydrogen-bond donors (Lipinski definition) is 1. The monoisotopic (exact) mass is 351 g/mol. The number of aromatic nitrogens is 4. The molecule has 0 spiro atoms. The van der Waals surface area contributed by atoms with Gasteiger partial charge in [0.15, 0.2) is 0 Å². The third-order valence-corrected chi connectivity index (χ3v) is 4.66. The smallest absolute Gasteiger partial charge is 0.230 e. The van der Waals surface area contributed by atoms with Crippen LogP contribution >= 0.6 is 0 Å². The van der Waals surface area contributed by atoms with Crippen molar-refractivity contribution >= 4 is 5.95 Å². The fourth-order valence-electron chi connectivity index (χ4n) is 2.73. The first-order chi connectivity index (χ1) is 12.5. The van der Waals surface area contributed by atoms with Crippen LogP contribution in [0.3, 0.4) is 0 Å². The lowest BCUT2D eigenvalue weighted by Gasteiger charge is -2.17. The quantitative estimate of drug-likeness (QED) is 0.747. The predicted octanol–water partition coefficient (Wildman–Crippen LogP) is 3.74. The lowest BCUT2D eigenvalue weighted by Crippen LogP contribution is -2.09. The second-order valence-corrected chi connectivity index (χ2v) is 6.71. The van der Waals surface area contributed by atoms with Gasteiger partial charge in [0.2, 0.25) is 23.5 Å². The van der Waals surface area contributed by atoms with Crippen molar-refractivity contribution in [2.45, 2.75) is 45.6 Å². The van der Waals surface area contributed by atoms with Crippen LogP contribution in [0.25, 0.3) is 11.4 Å². The van der Waals surface area contributed by atoms with E-state index in [9.17, 15) is 0 Å². The molecule has 0 aliphatic heterocycles. The molecule has 0 bridgehead atoms. The van der Waals surface area contributed by atoms with Crippen LogP contribution in [0.5, 0.6) is 5.88 Å². The van der Waals surface area contributed by atoms with Gasteiger partial charge < -0.3 is 15.0 Å². The van der Waals surface area contributed by atoms with E-state index in [2.05, 4.69) is 20.1 Å². The average Bonchev–Trinajstić information content (AvgIpc) is 3.36. The Morgan fingerprint density at radius 3 is 2.54 bits per heavy atom. The van der Waals surface area contributed by atoms with E-state index in [4.69, 9.17) is 15.0 Å². The third-order valence-electron chi connectivity index (χ3n) is 4.66. The van der Waals surface area contributed by atoms with Crippen molar-refractivity contribution in [2.24, 2.45) is 0 Å². The Hall–Kier alpha value is -2.96. The van der Waals surface area contributed by atoms with Crippen LogP contribution in [0, 0.1) is 13.8 Å². The SMILES string of the molecule is Cc1nc(N)nc(O[C@@H](C)c2ccc(-c3noc(C4CC4)n3)cc2)c1C. The molecule has 0 unspecified atom stereocenters. The maximum Gasteiger partial charge on any atom is 0.230 e. The summed E-state index contributed by atoms with van der Waals surface area (Å²) in [5.74, 6) is 2.55. The van der Waals surface area contributed by atoms with E-state index in [1.165, 1.54) is 0 Å². The van der Waals surface area contributed by atoms with Crippen molar-refractivity contribution in [3.63, 3.8) is 0 Å². The molecular weight excluding hydrogens is 330 g/mol. The largest absolute Gasteiger partial charge is 0.469 e. The minimum absolute atomic E-state index is 0.177. The van der Waals surface area contributed by atoms with Gasteiger partial charge in [-0.15, -0.1) is 0 Å². The molecule has 1 aliphatic rings. The molecule has 7 nitrogen and oxygen atoms in total. The molecule has 1 fully saturated rings. The molecule has 2 heterocycles. The molecule has 2 N–H and O–H groups in total. The molecule has 0 saturated heterocycles. The number of hydrogen-bond acceptors (Lipinski definition) is 7. The van der Waals surface area contributed by atoms with Gasteiger partial charge in [-0.2, -0.15) is 9.97 Å². The number of nitrogens with two attached hydrogens (primary N) is 1. The lowest BCUT2D eigenvalue weighted by atomic mass is 10.1. The van der Waals surface area contributed by atoms with Crippen LogP contribution in [0.1, 0.15) is 54.5 Å². The van der Waals surface area contributed by atoms with Crippen molar-refractivity contribution in [3.8, 4) is 17.3 Å². The van der Waals surface area contributed by atoms with Gasteiger partial charge in [-0.1, -0.05) is 29.4 Å². The molecular formula is C19H21N5O2. The second-order valence-electron chi connectivity index (χ2n) is 6.71. The summed E-state index contributed by atoms with van der Waals surface area (Å²) in [4.78, 5) is 12.8. The first-order valence-corrected chi connectivity index (χ1v) is 8.72. The summed E-state index contributed by atoms with van der Waals surface area (Å²) in [7, 11) is 0. The first kappa shape index (κ1) is 16.5. The zero-order chi connectivity index (χ0) is 18.3. The van der Waals surface area contributed by atoms with Crippen molar-refractivity contribution in [2.75, 3.05) is 5.73 Å². The standard InChI is InChI=1S/C19H21N5O2/c1-10-11(2)21-19(20)23-17(10)25-12(3)13-4-6-14(7-5-13)16-22-18(26-24-16)15-8-9-15/h4-7,12,15H,8-9H2,1-3H3,(H2,20,21,23)/t12-/m0/s1. The van der Waals surface area contributed by atoms with Crippen LogP contribution in [-0.4, -0.2) is 20.1 Å². The number of rotatable bonds is 5. The zero-order valence-corrected chi connectivity index (χ0v) is 15.1. The minimum atomic E-state index is -0.177. The average molecular weight is 351 g/mol. The van der Waals surface area contributed by atoms with E-state index < -0.39 is 0 Å². The summed E-state index contributed by atoms with van der Waals surface area (Å²) in [6.45, 7) is 5.79. The van der Waals surface area contributed by atoms with E-state index in [-0.39, 0.29) is 12.1 Å². The predicted molar refractivity (Wildman–Crippen MR) is 96.7 cm³/mol. The van der Waals surface area contributed by atoms with Gasteiger partial charge in [-0.25, -0.2) is 4.98 Å². The molecule has 2 aromatic heterocycles. The Kier molecular flexibility index (Phi) is 4.06. The van der Waals surface area contributed by atoms with Gasteiger partial charge in [-0.3, -0.25) is 0 Å². The summed E-state index contributed by atoms with van der Waals surface area (Å²) < 4.78 is 11.3. The van der Waals surface area contributed by atoms with Crippen LogP contribution in [0.15, 0.2) is 28.8 Å². The number of nitrogens with zero attached hydrogens (tertiary/aromatic N) is 4. The summed E-state index contributed by atoms with van der Waals surface area (Å²) in [6.07, 6.45) is 2.10. The van der Waals surface area contributed by atoms with Gasteiger partial charge in [0.25, 0.3) is 0 Å². The van der Waals surface area contributed by atoms with Crippen LogP contribution < -0.4 is 10.5 Å². The minimum Gasteiger partial charge on any atom is -0.469 e. The fraction of sp³-hybridized carbons (Fsp3) is 0.368. The Balaban J connectivity index is 1.50. The highest BCUT2D eigenvalue weighted by molar-refractivity contribution is 5.55. The Labute approximate surface area is 151 Å². The Morgan fingerprint density at radius 1 is 1.12 bits per heavy atom. The molecule has 3 aromatic rings. The van der Waals surface area contributed by atoms with Crippen LogP contribution in [0.4, 0.5) is 5.95 Å². The van der Waals surface area contributed by atoms with Gasteiger partial charge in [0.1, 0.15) is 6.10 Å². The number of ether oxygens (including phenoxy) is 1. The van der Waals surface area contributed by atoms with E-state index in [1.54, 1.807) is 0 Å². The molecule has 4 rings (SSSR count). The normalized spacial score (nSPS) is 15.0. The number of nitrogen functional groups attached to an aromatic ring is 1. The summed E-state index contributed by atoms with van der Waals surface area (Å²) in [5.41, 5.74) is 9.39. The maximum atomic E-state index is 6.00. The van der Waals surface area contributed by atoms with Crippen LogP contribution in [0.2, 0.25) is 0 Å². The molecule has 26 heavy (non-hydrogen) atoms. The van der Waals surface area contributed by atoms with Crippen molar-refractivity contribution in [1.29, 1.82) is 0 Å². The number of aryl methyl sites for hydroxylation is 1. The van der Waals surface area contributed by atoms with E-state index in [1.807, 2.05) is 45.0 Å². The molecule has 134 valence electrons. The van der Waals surface area contributed by atoms with Gasteiger partial charge in [0, 0.05) is 22.7 Å².